The maximum absolute atomic E-state index is 2.62. The Hall–Kier alpha value is -1.65. The molecule has 2 aromatic rings. The first-order valence-corrected chi connectivity index (χ1v) is 12.0. The average Bonchev–Trinajstić information content (AvgIpc) is 2.74. The van der Waals surface area contributed by atoms with Crippen molar-refractivity contribution in [2.24, 2.45) is 11.8 Å². The Morgan fingerprint density at radius 3 is 2.03 bits per heavy atom. The highest BCUT2D eigenvalue weighted by atomic mass is 32.2. The van der Waals surface area contributed by atoms with Crippen molar-refractivity contribution in [3.63, 3.8) is 0 Å². The third-order valence-electron chi connectivity index (χ3n) is 7.34. The molecule has 3 heterocycles. The Balaban J connectivity index is 1.29. The van der Waals surface area contributed by atoms with E-state index in [1.54, 1.807) is 0 Å². The lowest BCUT2D eigenvalue weighted by Crippen LogP contribution is -2.39. The number of hydrogen-bond acceptors (Lipinski definition) is 4. The van der Waals surface area contributed by atoms with E-state index in [0.717, 1.165) is 11.8 Å². The van der Waals surface area contributed by atoms with E-state index in [4.69, 9.17) is 0 Å². The molecule has 3 aliphatic rings. The summed E-state index contributed by atoms with van der Waals surface area (Å²) in [6.45, 7) is 7.20. The van der Waals surface area contributed by atoms with Crippen LogP contribution >= 0.6 is 11.8 Å². The zero-order valence-corrected chi connectivity index (χ0v) is 18.8. The van der Waals surface area contributed by atoms with Gasteiger partial charge in [0.2, 0.25) is 0 Å². The third-order valence-corrected chi connectivity index (χ3v) is 8.43. The molecule has 3 nitrogen and oxygen atoms in total. The molecule has 154 valence electrons. The molecule has 0 bridgehead atoms. The molecule has 0 spiro atoms. The molecule has 2 fully saturated rings. The standard InChI is InChI=1S/C25H33N3S/c1-18-4-6-22-24(16-18)29-25-17-21(5-7-23(25)27(22)3)28-14-10-20(11-15-28)19-8-12-26(2)13-9-19/h4-7,16-17,19-20H,8-15H2,1-3H3. The predicted octanol–water partition coefficient (Wildman–Crippen LogP) is 5.79. The van der Waals surface area contributed by atoms with E-state index < -0.39 is 0 Å². The fourth-order valence-electron chi connectivity index (χ4n) is 5.42. The Morgan fingerprint density at radius 1 is 0.759 bits per heavy atom. The van der Waals surface area contributed by atoms with Crippen LogP contribution in [-0.2, 0) is 0 Å². The summed E-state index contributed by atoms with van der Waals surface area (Å²) >= 11 is 1.93. The molecule has 0 radical (unpaired) electrons. The topological polar surface area (TPSA) is 9.72 Å². The summed E-state index contributed by atoms with van der Waals surface area (Å²) in [6.07, 6.45) is 5.53. The smallest absolute Gasteiger partial charge is 0.0551 e. The molecule has 0 atom stereocenters. The summed E-state index contributed by atoms with van der Waals surface area (Å²) in [5.74, 6) is 1.90. The summed E-state index contributed by atoms with van der Waals surface area (Å²) in [5.41, 5.74) is 5.39. The van der Waals surface area contributed by atoms with Crippen LogP contribution in [0.1, 0.15) is 31.2 Å². The maximum atomic E-state index is 2.62. The fourth-order valence-corrected chi connectivity index (χ4v) is 6.70. The summed E-state index contributed by atoms with van der Waals surface area (Å²) in [5, 5.41) is 0. The van der Waals surface area contributed by atoms with Gasteiger partial charge in [0.15, 0.2) is 0 Å². The number of rotatable bonds is 2. The zero-order valence-electron chi connectivity index (χ0n) is 18.0. The van der Waals surface area contributed by atoms with Crippen molar-refractivity contribution >= 4 is 28.8 Å². The van der Waals surface area contributed by atoms with Gasteiger partial charge in [0, 0.05) is 35.6 Å². The first kappa shape index (κ1) is 19.3. The van der Waals surface area contributed by atoms with E-state index >= 15 is 0 Å². The van der Waals surface area contributed by atoms with Crippen molar-refractivity contribution < 1.29 is 0 Å². The number of fused-ring (bicyclic) bond motifs is 2. The van der Waals surface area contributed by atoms with Gasteiger partial charge in [-0.1, -0.05) is 17.8 Å². The average molecular weight is 408 g/mol. The molecule has 0 aliphatic carbocycles. The van der Waals surface area contributed by atoms with E-state index in [1.165, 1.54) is 84.3 Å². The van der Waals surface area contributed by atoms with Crippen LogP contribution in [0.15, 0.2) is 46.2 Å². The van der Waals surface area contributed by atoms with Gasteiger partial charge in [-0.3, -0.25) is 0 Å². The van der Waals surface area contributed by atoms with E-state index in [-0.39, 0.29) is 0 Å². The Labute approximate surface area is 180 Å². The number of aryl methyl sites for hydroxylation is 1. The van der Waals surface area contributed by atoms with Gasteiger partial charge in [-0.15, -0.1) is 0 Å². The second-order valence-corrected chi connectivity index (χ2v) is 10.3. The van der Waals surface area contributed by atoms with Crippen molar-refractivity contribution in [2.75, 3.05) is 50.1 Å². The lowest BCUT2D eigenvalue weighted by molar-refractivity contribution is 0.154. The van der Waals surface area contributed by atoms with Gasteiger partial charge < -0.3 is 14.7 Å². The first-order chi connectivity index (χ1) is 14.1. The van der Waals surface area contributed by atoms with Crippen LogP contribution in [0.4, 0.5) is 17.1 Å². The van der Waals surface area contributed by atoms with Crippen LogP contribution in [0.5, 0.6) is 0 Å². The third kappa shape index (κ3) is 3.77. The van der Waals surface area contributed by atoms with Crippen LogP contribution in [0.2, 0.25) is 0 Å². The zero-order chi connectivity index (χ0) is 20.0. The second-order valence-electron chi connectivity index (χ2n) is 9.25. The van der Waals surface area contributed by atoms with Crippen molar-refractivity contribution in [1.82, 2.24) is 4.90 Å². The van der Waals surface area contributed by atoms with E-state index in [1.807, 2.05) is 11.8 Å². The number of nitrogens with zero attached hydrogens (tertiary/aromatic N) is 3. The number of likely N-dealkylation sites (tertiary alicyclic amines) is 1. The minimum absolute atomic E-state index is 0.938. The highest BCUT2D eigenvalue weighted by Gasteiger charge is 2.29. The van der Waals surface area contributed by atoms with Crippen LogP contribution in [0, 0.1) is 18.8 Å². The number of benzene rings is 2. The van der Waals surface area contributed by atoms with Gasteiger partial charge in [-0.05, 0) is 100 Å². The first-order valence-electron chi connectivity index (χ1n) is 11.2. The Bertz CT molecular complexity index is 880. The summed E-state index contributed by atoms with van der Waals surface area (Å²) in [6, 6.07) is 13.9. The minimum atomic E-state index is 0.938. The van der Waals surface area contributed by atoms with Crippen molar-refractivity contribution in [3.05, 3.63) is 42.0 Å². The maximum Gasteiger partial charge on any atom is 0.0551 e. The lowest BCUT2D eigenvalue weighted by atomic mass is 9.79. The minimum Gasteiger partial charge on any atom is -0.371 e. The van der Waals surface area contributed by atoms with Gasteiger partial charge in [0.05, 0.1) is 11.4 Å². The molecule has 2 saturated heterocycles. The molecule has 29 heavy (non-hydrogen) atoms. The molecular weight excluding hydrogens is 374 g/mol. The van der Waals surface area contributed by atoms with Gasteiger partial charge in [-0.2, -0.15) is 0 Å². The molecule has 0 aromatic heterocycles. The number of hydrogen-bond donors (Lipinski definition) is 0. The van der Waals surface area contributed by atoms with Gasteiger partial charge in [-0.25, -0.2) is 0 Å². The van der Waals surface area contributed by atoms with Crippen LogP contribution in [0.3, 0.4) is 0 Å². The Morgan fingerprint density at radius 2 is 1.34 bits per heavy atom. The second kappa shape index (κ2) is 7.88. The van der Waals surface area contributed by atoms with E-state index in [2.05, 4.69) is 72.1 Å². The van der Waals surface area contributed by atoms with Crippen LogP contribution in [0.25, 0.3) is 0 Å². The highest BCUT2D eigenvalue weighted by molar-refractivity contribution is 7.99. The van der Waals surface area contributed by atoms with Gasteiger partial charge in [0.25, 0.3) is 0 Å². The molecular formula is C25H33N3S. The van der Waals surface area contributed by atoms with Crippen LogP contribution in [-0.4, -0.2) is 45.2 Å². The van der Waals surface area contributed by atoms with Crippen molar-refractivity contribution in [2.45, 2.75) is 42.4 Å². The van der Waals surface area contributed by atoms with Gasteiger partial charge in [0.1, 0.15) is 0 Å². The molecule has 3 aliphatic heterocycles. The highest BCUT2D eigenvalue weighted by Crippen LogP contribution is 2.49. The predicted molar refractivity (Wildman–Crippen MR) is 125 cm³/mol. The lowest BCUT2D eigenvalue weighted by Gasteiger charge is -2.40. The van der Waals surface area contributed by atoms with Crippen molar-refractivity contribution in [1.29, 1.82) is 0 Å². The summed E-state index contributed by atoms with van der Waals surface area (Å²) in [4.78, 5) is 10.2. The Kier molecular flexibility index (Phi) is 5.25. The van der Waals surface area contributed by atoms with E-state index in [9.17, 15) is 0 Å². The van der Waals surface area contributed by atoms with Crippen LogP contribution < -0.4 is 9.80 Å². The fraction of sp³-hybridized carbons (Fsp3) is 0.520. The number of piperidine rings is 2. The van der Waals surface area contributed by atoms with Gasteiger partial charge >= 0.3 is 0 Å². The molecule has 0 saturated carbocycles. The summed E-state index contributed by atoms with van der Waals surface area (Å²) in [7, 11) is 4.46. The molecule has 0 unspecified atom stereocenters. The summed E-state index contributed by atoms with van der Waals surface area (Å²) < 4.78 is 0. The monoisotopic (exact) mass is 407 g/mol. The van der Waals surface area contributed by atoms with Crippen molar-refractivity contribution in [3.8, 4) is 0 Å². The van der Waals surface area contributed by atoms with E-state index in [0.29, 0.717) is 0 Å². The normalized spacial score (nSPS) is 21.2. The quantitative estimate of drug-likeness (QED) is 0.623. The molecule has 0 amide bonds. The molecule has 2 aromatic carbocycles. The molecule has 5 rings (SSSR count). The SMILES string of the molecule is Cc1ccc2c(c1)Sc1cc(N3CCC(C4CCN(C)CC4)CC3)ccc1N2C. The molecule has 0 N–H and O–H groups in total. The largest absolute Gasteiger partial charge is 0.371 e. The molecule has 4 heteroatoms. The number of anilines is 3.